The van der Waals surface area contributed by atoms with Gasteiger partial charge in [-0.05, 0) is 158 Å². The van der Waals surface area contributed by atoms with Crippen LogP contribution in [0.4, 0.5) is 0 Å². The number of hydrogen-bond acceptors (Lipinski definition) is 6. The molecule has 0 unspecified atom stereocenters. The molecule has 0 spiro atoms. The van der Waals surface area contributed by atoms with E-state index in [1.807, 2.05) is 0 Å². The Balaban J connectivity index is 1.08. The van der Waals surface area contributed by atoms with Gasteiger partial charge in [0.2, 0.25) is 0 Å². The minimum atomic E-state index is -0.162. The predicted molar refractivity (Wildman–Crippen MR) is 454 cm³/mol. The first-order valence-electron chi connectivity index (χ1n) is 38.6. The molecule has 0 atom stereocenters. The second kappa shape index (κ2) is 24.2. The maximum absolute atomic E-state index is 5.72. The van der Waals surface area contributed by atoms with Crippen molar-refractivity contribution in [3.63, 3.8) is 0 Å². The maximum Gasteiger partial charge on any atom is 0.252 e. The van der Waals surface area contributed by atoms with Gasteiger partial charge in [-0.1, -0.05) is 306 Å². The Bertz CT molecular complexity index is 5450. The average molecular weight is 1400 g/mol. The van der Waals surface area contributed by atoms with E-state index in [1.54, 1.807) is 0 Å². The molecule has 16 rings (SSSR count). The van der Waals surface area contributed by atoms with Gasteiger partial charge in [-0.3, -0.25) is 0 Å². The van der Waals surface area contributed by atoms with Crippen LogP contribution in [0.25, 0.3) is 134 Å². The van der Waals surface area contributed by atoms with Crippen molar-refractivity contribution in [2.75, 3.05) is 0 Å². The normalized spacial score (nSPS) is 13.6. The van der Waals surface area contributed by atoms with E-state index >= 15 is 0 Å². The lowest BCUT2D eigenvalue weighted by molar-refractivity contribution is 0.590. The first-order chi connectivity index (χ1) is 50.1. The molecule has 6 heterocycles. The van der Waals surface area contributed by atoms with Gasteiger partial charge in [0.15, 0.2) is 34.9 Å². The molecule has 4 aromatic heterocycles. The summed E-state index contributed by atoms with van der Waals surface area (Å²) in [4.78, 5) is 33.8. The summed E-state index contributed by atoms with van der Waals surface area (Å²) < 4.78 is 5.28. The van der Waals surface area contributed by atoms with Crippen molar-refractivity contribution in [2.24, 2.45) is 0 Å². The number of aromatic nitrogens is 8. The van der Waals surface area contributed by atoms with Crippen LogP contribution in [0.1, 0.15) is 211 Å². The molecule has 0 fully saturated rings. The van der Waals surface area contributed by atoms with Crippen molar-refractivity contribution in [1.82, 2.24) is 39.0 Å². The summed E-state index contributed by atoms with van der Waals surface area (Å²) in [6, 6.07) is 71.5. The summed E-state index contributed by atoms with van der Waals surface area (Å²) in [7, 11) is 0. The lowest BCUT2D eigenvalue weighted by Gasteiger charge is -2.36. The van der Waals surface area contributed by atoms with Crippen LogP contribution in [0.15, 0.2) is 188 Å². The summed E-state index contributed by atoms with van der Waals surface area (Å²) >= 11 is 0. The van der Waals surface area contributed by atoms with Crippen molar-refractivity contribution in [2.45, 2.75) is 209 Å². The molecule has 0 N–H and O–H groups in total. The highest BCUT2D eigenvalue weighted by atomic mass is 15.1. The Morgan fingerprint density at radius 3 is 0.785 bits per heavy atom. The lowest BCUT2D eigenvalue weighted by atomic mass is 9.33. The van der Waals surface area contributed by atoms with Gasteiger partial charge >= 0.3 is 0 Å². The highest BCUT2D eigenvalue weighted by molar-refractivity contribution is 7.00. The number of benzene rings is 10. The van der Waals surface area contributed by atoms with Crippen molar-refractivity contribution in [3.8, 4) is 90.8 Å². The van der Waals surface area contributed by atoms with E-state index in [1.165, 1.54) is 105 Å². The SMILES string of the molecule is CC(C)(C)c1ccc(-c2nc(-c3ccc(C(C)(C)C)cc3)nc(-c3cccc(-c4nc(-c5ccc(C(C)(C)C)cc5)nc(-c5ccc(C(C)(C)C)cc5)n4)c3-c3cc4c5c(c3)-n3c6ccc(C(C)(C)C)cc6c6cc(C(C)(C)C)cc(c63)B5c3cc(C(C)(C)C)cc5c6cc(C(C)(C)C)ccc6n-4c35)n2)cc1. The Hall–Kier alpha value is -10.1. The first kappa shape index (κ1) is 71.2. The molecule has 10 aromatic carbocycles. The topological polar surface area (TPSA) is 87.2 Å². The van der Waals surface area contributed by atoms with Gasteiger partial charge in [-0.2, -0.15) is 0 Å². The monoisotopic (exact) mass is 1400 g/mol. The van der Waals surface area contributed by atoms with Gasteiger partial charge in [0.1, 0.15) is 0 Å². The van der Waals surface area contributed by atoms with Gasteiger partial charge in [0.25, 0.3) is 6.71 Å². The minimum absolute atomic E-state index is 0.0656. The van der Waals surface area contributed by atoms with E-state index in [4.69, 9.17) is 29.9 Å². The third-order valence-corrected chi connectivity index (χ3v) is 22.9. The zero-order valence-corrected chi connectivity index (χ0v) is 67.6. The standard InChI is InChI=1S/C98H103BN8/c1-91(2,3)61-36-28-56(29-37-61)85-100-86(57-30-38-62(39-31-57)92(4,5)6)103-89(102-85)69-26-25-27-70(90-104-87(58-32-40-63(41-33-58)93(7,8)9)101-88(105-90)59-34-42-64(43-35-59)94(10,11)12)81(69)60-48-79-82-80(49-60)107-78-47-45-66(96(16,17)18)51-72(78)74-53-68(98(22,23)24)55-76(84(74)107)99(82)75-54-67(97(19,20)21)52-73-71-50-65(95(13,14)15)44-46-77(71)106(79)83(73)75/h25-55H,1-24H3. The highest BCUT2D eigenvalue weighted by Gasteiger charge is 2.44. The molecular formula is C98H103BN8. The summed E-state index contributed by atoms with van der Waals surface area (Å²) in [6.45, 7) is 55.2. The van der Waals surface area contributed by atoms with Crippen LogP contribution in [0.2, 0.25) is 0 Å². The van der Waals surface area contributed by atoms with E-state index in [0.717, 1.165) is 55.9 Å². The Morgan fingerprint density at radius 2 is 0.505 bits per heavy atom. The van der Waals surface area contributed by atoms with Crippen LogP contribution in [0.3, 0.4) is 0 Å². The molecule has 0 saturated carbocycles. The van der Waals surface area contributed by atoms with Crippen LogP contribution in [-0.4, -0.2) is 45.8 Å². The highest BCUT2D eigenvalue weighted by Crippen LogP contribution is 2.48. The zero-order valence-electron chi connectivity index (χ0n) is 67.6. The van der Waals surface area contributed by atoms with Crippen LogP contribution in [0.5, 0.6) is 0 Å². The molecule has 538 valence electrons. The fourth-order valence-corrected chi connectivity index (χ4v) is 16.2. The molecule has 0 amide bonds. The number of nitrogens with zero attached hydrogens (tertiary/aromatic N) is 8. The van der Waals surface area contributed by atoms with E-state index < -0.39 is 0 Å². The third-order valence-electron chi connectivity index (χ3n) is 22.9. The fraction of sp³-hybridized carbons (Fsp3) is 0.327. The molecular weight excluding hydrogens is 1300 g/mol. The second-order valence-corrected chi connectivity index (χ2v) is 39.1. The number of fused-ring (bicyclic) bond motifs is 10. The minimum Gasteiger partial charge on any atom is -0.310 e. The molecule has 0 radical (unpaired) electrons. The van der Waals surface area contributed by atoms with Gasteiger partial charge in [0, 0.05) is 82.9 Å². The zero-order chi connectivity index (χ0) is 76.1. The molecule has 2 aliphatic heterocycles. The molecule has 107 heavy (non-hydrogen) atoms. The summed E-state index contributed by atoms with van der Waals surface area (Å²) in [5.41, 5.74) is 27.4. The number of hydrogen-bond donors (Lipinski definition) is 0. The molecule has 14 aromatic rings. The second-order valence-electron chi connectivity index (χ2n) is 39.1. The summed E-state index contributed by atoms with van der Waals surface area (Å²) in [5, 5.41) is 5.03. The van der Waals surface area contributed by atoms with Crippen molar-refractivity contribution in [1.29, 1.82) is 0 Å². The van der Waals surface area contributed by atoms with Gasteiger partial charge < -0.3 is 9.13 Å². The van der Waals surface area contributed by atoms with Crippen molar-refractivity contribution in [3.05, 3.63) is 233 Å². The Kier molecular flexibility index (Phi) is 16.1. The molecule has 0 aliphatic carbocycles. The van der Waals surface area contributed by atoms with E-state index in [9.17, 15) is 0 Å². The molecule has 0 bridgehead atoms. The smallest absolute Gasteiger partial charge is 0.252 e. The summed E-state index contributed by atoms with van der Waals surface area (Å²) in [6.07, 6.45) is 0. The van der Waals surface area contributed by atoms with Crippen molar-refractivity contribution >= 4 is 66.7 Å². The predicted octanol–water partition coefficient (Wildman–Crippen LogP) is 23.4. The van der Waals surface area contributed by atoms with E-state index in [-0.39, 0.29) is 50.0 Å². The van der Waals surface area contributed by atoms with Gasteiger partial charge in [0.05, 0.1) is 11.0 Å². The molecule has 8 nitrogen and oxygen atoms in total. The van der Waals surface area contributed by atoms with Crippen LogP contribution < -0.4 is 16.4 Å². The number of rotatable bonds is 7. The Morgan fingerprint density at radius 1 is 0.243 bits per heavy atom. The molecule has 9 heteroatoms. The quantitative estimate of drug-likeness (QED) is 0.148. The van der Waals surface area contributed by atoms with Crippen LogP contribution >= 0.6 is 0 Å². The van der Waals surface area contributed by atoms with Crippen molar-refractivity contribution < 1.29 is 0 Å². The molecule has 0 saturated heterocycles. The van der Waals surface area contributed by atoms with Crippen LogP contribution in [0, 0.1) is 0 Å². The Labute approximate surface area is 634 Å². The average Bonchev–Trinajstić information content (AvgIpc) is 1.55. The molecule has 2 aliphatic rings. The third kappa shape index (κ3) is 12.3. The first-order valence-corrected chi connectivity index (χ1v) is 38.6. The largest absolute Gasteiger partial charge is 0.310 e. The fourth-order valence-electron chi connectivity index (χ4n) is 16.2. The van der Waals surface area contributed by atoms with E-state index in [2.05, 4.69) is 363 Å². The lowest BCUT2D eigenvalue weighted by Crippen LogP contribution is -2.59. The van der Waals surface area contributed by atoms with Gasteiger partial charge in [-0.25, -0.2) is 29.9 Å². The van der Waals surface area contributed by atoms with E-state index in [0.29, 0.717) is 34.9 Å². The maximum atomic E-state index is 5.72. The van der Waals surface area contributed by atoms with Gasteiger partial charge in [-0.15, -0.1) is 0 Å². The summed E-state index contributed by atoms with van der Waals surface area (Å²) in [5.74, 6) is 3.38. The van der Waals surface area contributed by atoms with Crippen LogP contribution in [-0.2, 0) is 43.3 Å².